The first-order valence-corrected chi connectivity index (χ1v) is 8.23. The van der Waals surface area contributed by atoms with E-state index in [2.05, 4.69) is 0 Å². The fraction of sp³-hybridized carbons (Fsp3) is 0.611. The third-order valence-electron chi connectivity index (χ3n) is 4.65. The Hall–Kier alpha value is -1.59. The molecule has 0 aliphatic heterocycles. The van der Waals surface area contributed by atoms with Crippen molar-refractivity contribution in [3.63, 3.8) is 0 Å². The molecule has 0 aromatic heterocycles. The molecule has 128 valence electrons. The zero-order valence-corrected chi connectivity index (χ0v) is 13.5. The van der Waals surface area contributed by atoms with Gasteiger partial charge in [-0.05, 0) is 62.1 Å². The van der Waals surface area contributed by atoms with Crippen molar-refractivity contribution in [2.24, 2.45) is 11.8 Å². The maximum atomic E-state index is 10.9. The van der Waals surface area contributed by atoms with Gasteiger partial charge in [-0.15, -0.1) is 0 Å². The van der Waals surface area contributed by atoms with Crippen molar-refractivity contribution in [3.05, 3.63) is 29.8 Å². The Kier molecular flexibility index (Phi) is 6.42. The van der Waals surface area contributed by atoms with Crippen molar-refractivity contribution in [1.82, 2.24) is 0 Å². The van der Waals surface area contributed by atoms with E-state index in [0.29, 0.717) is 19.3 Å². The first-order chi connectivity index (χ1) is 11.0. The van der Waals surface area contributed by atoms with Gasteiger partial charge in [0.05, 0.1) is 18.6 Å². The lowest BCUT2D eigenvalue weighted by Crippen LogP contribution is -2.24. The topological polar surface area (TPSA) is 87.0 Å². The Morgan fingerprint density at radius 1 is 1.39 bits per heavy atom. The van der Waals surface area contributed by atoms with Crippen LogP contribution in [0.4, 0.5) is 0 Å². The first kappa shape index (κ1) is 17.8. The number of carboxylic acids is 1. The Morgan fingerprint density at radius 2 is 2.17 bits per heavy atom. The van der Waals surface area contributed by atoms with Crippen LogP contribution in [0.3, 0.4) is 0 Å². The maximum Gasteiger partial charge on any atom is 0.303 e. The molecular formula is C18H26O5. The second-order valence-electron chi connectivity index (χ2n) is 6.53. The molecule has 3 N–H and O–H groups in total. The van der Waals surface area contributed by atoms with E-state index in [1.54, 1.807) is 0 Å². The Labute approximate surface area is 136 Å². The minimum Gasteiger partial charge on any atom is -0.491 e. The van der Waals surface area contributed by atoms with Crippen LogP contribution in [-0.2, 0) is 4.79 Å². The van der Waals surface area contributed by atoms with Crippen molar-refractivity contribution in [2.45, 2.75) is 51.2 Å². The lowest BCUT2D eigenvalue weighted by Gasteiger charge is -2.21. The lowest BCUT2D eigenvalue weighted by molar-refractivity contribution is -0.139. The second-order valence-corrected chi connectivity index (χ2v) is 6.53. The number of hydrogen-bond acceptors (Lipinski definition) is 4. The standard InChI is InChI=1S/C18H26O5/c1-12-3-2-4-15(9-12)23-11-14(19)7-5-13-6-8-17(20)16(13)10-18(21)22/h2-4,9,13-14,16-17,19-20H,5-8,10-11H2,1H3,(H,21,22)/t13-,14?,16+,17-/m0/s1. The molecule has 4 atom stereocenters. The van der Waals surface area contributed by atoms with Crippen molar-refractivity contribution >= 4 is 5.97 Å². The van der Waals surface area contributed by atoms with Crippen molar-refractivity contribution in [3.8, 4) is 5.75 Å². The maximum absolute atomic E-state index is 10.9. The summed E-state index contributed by atoms with van der Waals surface area (Å²) < 4.78 is 5.58. The van der Waals surface area contributed by atoms with Crippen LogP contribution < -0.4 is 4.74 Å². The molecule has 0 amide bonds. The van der Waals surface area contributed by atoms with Crippen LogP contribution in [0.1, 0.15) is 37.7 Å². The third kappa shape index (κ3) is 5.52. The van der Waals surface area contributed by atoms with E-state index in [0.717, 1.165) is 17.7 Å². The molecule has 2 rings (SSSR count). The minimum atomic E-state index is -0.871. The Bertz CT molecular complexity index is 516. The van der Waals surface area contributed by atoms with Crippen LogP contribution in [0.2, 0.25) is 0 Å². The highest BCUT2D eigenvalue weighted by molar-refractivity contribution is 5.67. The molecular weight excluding hydrogens is 296 g/mol. The Morgan fingerprint density at radius 3 is 2.87 bits per heavy atom. The number of rotatable bonds is 8. The van der Waals surface area contributed by atoms with Gasteiger partial charge in [0, 0.05) is 0 Å². The van der Waals surface area contributed by atoms with E-state index >= 15 is 0 Å². The normalized spacial score (nSPS) is 25.3. The minimum absolute atomic E-state index is 0.00171. The van der Waals surface area contributed by atoms with E-state index in [1.165, 1.54) is 0 Å². The number of hydrogen-bond donors (Lipinski definition) is 3. The van der Waals surface area contributed by atoms with Gasteiger partial charge in [-0.25, -0.2) is 0 Å². The molecule has 1 aliphatic carbocycles. The van der Waals surface area contributed by atoms with E-state index in [1.807, 2.05) is 31.2 Å². The summed E-state index contributed by atoms with van der Waals surface area (Å²) in [5.41, 5.74) is 1.11. The second kappa shape index (κ2) is 8.31. The predicted molar refractivity (Wildman–Crippen MR) is 86.4 cm³/mol. The monoisotopic (exact) mass is 322 g/mol. The van der Waals surface area contributed by atoms with Gasteiger partial charge in [0.2, 0.25) is 0 Å². The van der Waals surface area contributed by atoms with Gasteiger partial charge in [0.15, 0.2) is 0 Å². The van der Waals surface area contributed by atoms with Gasteiger partial charge in [-0.3, -0.25) is 4.79 Å². The van der Waals surface area contributed by atoms with Gasteiger partial charge in [0.1, 0.15) is 12.4 Å². The third-order valence-corrected chi connectivity index (χ3v) is 4.65. The van der Waals surface area contributed by atoms with Crippen LogP contribution in [0, 0.1) is 18.8 Å². The van der Waals surface area contributed by atoms with E-state index in [4.69, 9.17) is 9.84 Å². The zero-order chi connectivity index (χ0) is 16.8. The molecule has 1 aromatic carbocycles. The summed E-state index contributed by atoms with van der Waals surface area (Å²) in [6.07, 6.45) is 1.63. The molecule has 0 radical (unpaired) electrons. The number of aliphatic hydroxyl groups is 2. The van der Waals surface area contributed by atoms with Crippen LogP contribution in [0.25, 0.3) is 0 Å². The Balaban J connectivity index is 1.75. The summed E-state index contributed by atoms with van der Waals surface area (Å²) >= 11 is 0. The van der Waals surface area contributed by atoms with Crippen molar-refractivity contribution in [2.75, 3.05) is 6.61 Å². The molecule has 5 nitrogen and oxygen atoms in total. The predicted octanol–water partition coefficient (Wildman–Crippen LogP) is 2.38. The number of carboxylic acid groups (broad SMARTS) is 1. The van der Waals surface area contributed by atoms with Crippen LogP contribution in [0.15, 0.2) is 24.3 Å². The number of aliphatic carboxylic acids is 1. The number of aliphatic hydroxyl groups excluding tert-OH is 2. The highest BCUT2D eigenvalue weighted by atomic mass is 16.5. The summed E-state index contributed by atoms with van der Waals surface area (Å²) in [4.78, 5) is 10.9. The van der Waals surface area contributed by atoms with E-state index in [9.17, 15) is 15.0 Å². The number of benzene rings is 1. The number of carbonyl (C=O) groups is 1. The SMILES string of the molecule is Cc1cccc(OCC(O)CC[C@H]2CC[C@H](O)[C@@H]2CC(=O)O)c1. The number of aryl methyl sites for hydroxylation is 1. The summed E-state index contributed by atoms with van der Waals surface area (Å²) in [5.74, 6) is -0.166. The summed E-state index contributed by atoms with van der Waals surface area (Å²) in [6.45, 7) is 2.21. The summed E-state index contributed by atoms with van der Waals surface area (Å²) in [7, 11) is 0. The van der Waals surface area contributed by atoms with Gasteiger partial charge >= 0.3 is 5.97 Å². The highest BCUT2D eigenvalue weighted by Gasteiger charge is 2.36. The summed E-state index contributed by atoms with van der Waals surface area (Å²) in [5, 5.41) is 28.9. The molecule has 0 bridgehead atoms. The van der Waals surface area contributed by atoms with Crippen LogP contribution in [0.5, 0.6) is 5.75 Å². The molecule has 0 spiro atoms. The van der Waals surface area contributed by atoms with Gasteiger partial charge in [-0.1, -0.05) is 12.1 Å². The molecule has 23 heavy (non-hydrogen) atoms. The first-order valence-electron chi connectivity index (χ1n) is 8.23. The smallest absolute Gasteiger partial charge is 0.303 e. The van der Waals surface area contributed by atoms with Crippen molar-refractivity contribution < 1.29 is 24.9 Å². The van der Waals surface area contributed by atoms with Gasteiger partial charge < -0.3 is 20.1 Å². The molecule has 1 aromatic rings. The number of ether oxygens (including phenoxy) is 1. The molecule has 1 aliphatic rings. The van der Waals surface area contributed by atoms with Crippen LogP contribution >= 0.6 is 0 Å². The zero-order valence-electron chi connectivity index (χ0n) is 13.5. The molecule has 5 heteroatoms. The fourth-order valence-electron chi connectivity index (χ4n) is 3.38. The molecule has 0 heterocycles. The quantitative estimate of drug-likeness (QED) is 0.684. The molecule has 0 saturated heterocycles. The fourth-order valence-corrected chi connectivity index (χ4v) is 3.38. The van der Waals surface area contributed by atoms with E-state index < -0.39 is 18.2 Å². The largest absolute Gasteiger partial charge is 0.491 e. The van der Waals surface area contributed by atoms with Gasteiger partial charge in [-0.2, -0.15) is 0 Å². The highest BCUT2D eigenvalue weighted by Crippen LogP contribution is 2.37. The molecule has 1 fully saturated rings. The lowest BCUT2D eigenvalue weighted by atomic mass is 9.87. The van der Waals surface area contributed by atoms with Crippen molar-refractivity contribution in [1.29, 1.82) is 0 Å². The average Bonchev–Trinajstić information content (AvgIpc) is 2.83. The van der Waals surface area contributed by atoms with Gasteiger partial charge in [0.25, 0.3) is 0 Å². The van der Waals surface area contributed by atoms with Crippen LogP contribution in [-0.4, -0.2) is 40.1 Å². The summed E-state index contributed by atoms with van der Waals surface area (Å²) in [6, 6.07) is 7.67. The molecule has 1 saturated carbocycles. The average molecular weight is 322 g/mol. The van der Waals surface area contributed by atoms with E-state index in [-0.39, 0.29) is 24.9 Å². The molecule has 1 unspecified atom stereocenters.